The third kappa shape index (κ3) is 3.37. The number of likely N-dealkylation sites (tertiary alicyclic amines) is 1. The van der Waals surface area contributed by atoms with Gasteiger partial charge in [-0.1, -0.05) is 11.6 Å². The van der Waals surface area contributed by atoms with E-state index in [1.165, 1.54) is 13.5 Å². The standard InChI is InChI=1S/C15H23ClN2O2/c1-10-3-4-11(7-17)8-18(10)9-12-5-13(16)6-14(20-2)15(12)19/h5-6,10-11,19H,3-4,7-9,17H2,1-2H3. The van der Waals surface area contributed by atoms with Crippen LogP contribution in [-0.4, -0.2) is 36.2 Å². The molecule has 0 spiro atoms. The maximum absolute atomic E-state index is 10.2. The number of hydrogen-bond donors (Lipinski definition) is 2. The van der Waals surface area contributed by atoms with E-state index >= 15 is 0 Å². The summed E-state index contributed by atoms with van der Waals surface area (Å²) in [5.74, 6) is 1.14. The van der Waals surface area contributed by atoms with Gasteiger partial charge in [-0.25, -0.2) is 0 Å². The lowest BCUT2D eigenvalue weighted by molar-refractivity contribution is 0.112. The Kier molecular flexibility index (Phi) is 5.13. The van der Waals surface area contributed by atoms with Gasteiger partial charge in [-0.05, 0) is 38.3 Å². The lowest BCUT2D eigenvalue weighted by Crippen LogP contribution is -2.43. The van der Waals surface area contributed by atoms with Gasteiger partial charge in [-0.2, -0.15) is 0 Å². The molecule has 0 radical (unpaired) electrons. The van der Waals surface area contributed by atoms with Gasteiger partial charge in [0.25, 0.3) is 0 Å². The predicted octanol–water partition coefficient (Wildman–Crippen LogP) is 2.61. The predicted molar refractivity (Wildman–Crippen MR) is 81.3 cm³/mol. The Bertz CT molecular complexity index is 467. The summed E-state index contributed by atoms with van der Waals surface area (Å²) in [6, 6.07) is 3.92. The number of nitrogens with zero attached hydrogens (tertiary/aromatic N) is 1. The smallest absolute Gasteiger partial charge is 0.162 e. The van der Waals surface area contributed by atoms with Gasteiger partial charge in [0, 0.05) is 35.8 Å². The van der Waals surface area contributed by atoms with E-state index in [0.717, 1.165) is 18.5 Å². The first-order valence-corrected chi connectivity index (χ1v) is 7.42. The van der Waals surface area contributed by atoms with Gasteiger partial charge >= 0.3 is 0 Å². The molecule has 1 aliphatic rings. The topological polar surface area (TPSA) is 58.7 Å². The Morgan fingerprint density at radius 3 is 2.85 bits per heavy atom. The molecule has 1 saturated heterocycles. The van der Waals surface area contributed by atoms with E-state index in [9.17, 15) is 5.11 Å². The number of phenols is 1. The van der Waals surface area contributed by atoms with Crippen molar-refractivity contribution < 1.29 is 9.84 Å². The molecule has 20 heavy (non-hydrogen) atoms. The van der Waals surface area contributed by atoms with Crippen LogP contribution < -0.4 is 10.5 Å². The number of phenolic OH excluding ortho intramolecular Hbond substituents is 1. The Hall–Kier alpha value is -0.970. The monoisotopic (exact) mass is 298 g/mol. The molecule has 2 rings (SSSR count). The zero-order chi connectivity index (χ0) is 14.7. The number of rotatable bonds is 4. The van der Waals surface area contributed by atoms with E-state index in [-0.39, 0.29) is 5.75 Å². The van der Waals surface area contributed by atoms with Gasteiger partial charge in [0.05, 0.1) is 7.11 Å². The highest BCUT2D eigenvalue weighted by Crippen LogP contribution is 2.35. The lowest BCUT2D eigenvalue weighted by Gasteiger charge is -2.37. The minimum absolute atomic E-state index is 0.180. The second kappa shape index (κ2) is 6.66. The van der Waals surface area contributed by atoms with Crippen LogP contribution in [0.2, 0.25) is 5.02 Å². The average Bonchev–Trinajstić information content (AvgIpc) is 2.44. The number of halogens is 1. The first kappa shape index (κ1) is 15.4. The molecule has 1 fully saturated rings. The number of ether oxygens (including phenoxy) is 1. The van der Waals surface area contributed by atoms with Crippen LogP contribution in [0.4, 0.5) is 0 Å². The van der Waals surface area contributed by atoms with Crippen LogP contribution in [-0.2, 0) is 6.54 Å². The molecule has 0 aliphatic carbocycles. The summed E-state index contributed by atoms with van der Waals surface area (Å²) in [5, 5.41) is 10.8. The van der Waals surface area contributed by atoms with E-state index in [0.29, 0.717) is 35.8 Å². The zero-order valence-electron chi connectivity index (χ0n) is 12.1. The second-order valence-corrected chi connectivity index (χ2v) is 6.01. The molecule has 1 heterocycles. The van der Waals surface area contributed by atoms with Gasteiger partial charge in [-0.3, -0.25) is 4.90 Å². The molecule has 0 aromatic heterocycles. The molecule has 1 aromatic carbocycles. The quantitative estimate of drug-likeness (QED) is 0.897. The van der Waals surface area contributed by atoms with E-state index in [1.807, 2.05) is 0 Å². The Balaban J connectivity index is 2.18. The van der Waals surface area contributed by atoms with Gasteiger partial charge in [0.2, 0.25) is 0 Å². The maximum atomic E-state index is 10.2. The Labute approximate surface area is 125 Å². The van der Waals surface area contributed by atoms with E-state index in [4.69, 9.17) is 22.1 Å². The van der Waals surface area contributed by atoms with E-state index < -0.39 is 0 Å². The molecule has 0 saturated carbocycles. The first-order valence-electron chi connectivity index (χ1n) is 7.04. The van der Waals surface area contributed by atoms with E-state index in [1.54, 1.807) is 12.1 Å². The van der Waals surface area contributed by atoms with Crippen LogP contribution in [0.1, 0.15) is 25.3 Å². The van der Waals surface area contributed by atoms with Crippen molar-refractivity contribution in [3.8, 4) is 11.5 Å². The van der Waals surface area contributed by atoms with Crippen LogP contribution in [0.15, 0.2) is 12.1 Å². The Morgan fingerprint density at radius 1 is 1.45 bits per heavy atom. The summed E-state index contributed by atoms with van der Waals surface area (Å²) in [5.41, 5.74) is 6.59. The fourth-order valence-electron chi connectivity index (χ4n) is 2.80. The summed E-state index contributed by atoms with van der Waals surface area (Å²) >= 11 is 6.08. The van der Waals surface area contributed by atoms with Crippen molar-refractivity contribution in [3.63, 3.8) is 0 Å². The van der Waals surface area contributed by atoms with Crippen molar-refractivity contribution in [2.24, 2.45) is 11.7 Å². The van der Waals surface area contributed by atoms with Crippen molar-refractivity contribution in [3.05, 3.63) is 22.7 Å². The molecule has 4 nitrogen and oxygen atoms in total. The molecule has 5 heteroatoms. The highest BCUT2D eigenvalue weighted by molar-refractivity contribution is 6.30. The summed E-state index contributed by atoms with van der Waals surface area (Å²) in [4.78, 5) is 2.35. The van der Waals surface area contributed by atoms with Crippen LogP contribution >= 0.6 is 11.6 Å². The molecule has 0 amide bonds. The SMILES string of the molecule is COc1cc(Cl)cc(CN2CC(CN)CCC2C)c1O. The number of hydrogen-bond acceptors (Lipinski definition) is 4. The van der Waals surface area contributed by atoms with Gasteiger partial charge in [0.15, 0.2) is 11.5 Å². The normalized spacial score (nSPS) is 23.8. The van der Waals surface area contributed by atoms with Crippen LogP contribution in [0.5, 0.6) is 11.5 Å². The largest absolute Gasteiger partial charge is 0.504 e. The van der Waals surface area contributed by atoms with Gasteiger partial charge in [-0.15, -0.1) is 0 Å². The summed E-state index contributed by atoms with van der Waals surface area (Å²) in [6.07, 6.45) is 2.32. The molecule has 1 aromatic rings. The van der Waals surface area contributed by atoms with Gasteiger partial charge < -0.3 is 15.6 Å². The van der Waals surface area contributed by atoms with Crippen molar-refractivity contribution >= 4 is 11.6 Å². The Morgan fingerprint density at radius 2 is 2.20 bits per heavy atom. The van der Waals surface area contributed by atoms with Gasteiger partial charge in [0.1, 0.15) is 0 Å². The summed E-state index contributed by atoms with van der Waals surface area (Å²) in [6.45, 7) is 4.56. The molecule has 2 atom stereocenters. The number of methoxy groups -OCH3 is 1. The van der Waals surface area contributed by atoms with E-state index in [2.05, 4.69) is 11.8 Å². The fraction of sp³-hybridized carbons (Fsp3) is 0.600. The third-order valence-corrected chi connectivity index (χ3v) is 4.37. The third-order valence-electron chi connectivity index (χ3n) is 4.15. The number of nitrogens with two attached hydrogens (primary N) is 1. The lowest BCUT2D eigenvalue weighted by atomic mass is 9.93. The molecular formula is C15H23ClN2O2. The summed E-state index contributed by atoms with van der Waals surface area (Å²) in [7, 11) is 1.53. The highest BCUT2D eigenvalue weighted by Gasteiger charge is 2.25. The van der Waals surface area contributed by atoms with Crippen molar-refractivity contribution in [1.82, 2.24) is 4.90 Å². The maximum Gasteiger partial charge on any atom is 0.162 e. The molecule has 3 N–H and O–H groups in total. The van der Waals surface area contributed by atoms with Crippen LogP contribution in [0, 0.1) is 5.92 Å². The molecule has 0 bridgehead atoms. The zero-order valence-corrected chi connectivity index (χ0v) is 12.9. The molecule has 112 valence electrons. The highest BCUT2D eigenvalue weighted by atomic mass is 35.5. The average molecular weight is 299 g/mol. The molecular weight excluding hydrogens is 276 g/mol. The van der Waals surface area contributed by atoms with Crippen LogP contribution in [0.3, 0.4) is 0 Å². The summed E-state index contributed by atoms with van der Waals surface area (Å²) < 4.78 is 5.15. The molecule has 2 unspecified atom stereocenters. The van der Waals surface area contributed by atoms with Crippen molar-refractivity contribution in [2.75, 3.05) is 20.2 Å². The number of piperidine rings is 1. The second-order valence-electron chi connectivity index (χ2n) is 5.57. The first-order chi connectivity index (χ1) is 9.55. The number of benzene rings is 1. The van der Waals surface area contributed by atoms with Crippen LogP contribution in [0.25, 0.3) is 0 Å². The minimum Gasteiger partial charge on any atom is -0.504 e. The minimum atomic E-state index is 0.180. The number of aromatic hydroxyl groups is 1. The van der Waals surface area contributed by atoms with Crippen molar-refractivity contribution in [2.45, 2.75) is 32.4 Å². The molecule has 1 aliphatic heterocycles. The fourth-order valence-corrected chi connectivity index (χ4v) is 3.03. The van der Waals surface area contributed by atoms with Crippen molar-refractivity contribution in [1.29, 1.82) is 0 Å².